The van der Waals surface area contributed by atoms with Gasteiger partial charge >= 0.3 is 0 Å². The zero-order valence-corrected chi connectivity index (χ0v) is 7.36. The highest BCUT2D eigenvalue weighted by Crippen LogP contribution is 2.14. The minimum atomic E-state index is 0.253. The number of azide groups is 1. The second-order valence-electron chi connectivity index (χ2n) is 2.16. The molecule has 0 unspecified atom stereocenters. The fourth-order valence-electron chi connectivity index (χ4n) is 0.910. The zero-order valence-electron chi connectivity index (χ0n) is 6.61. The van der Waals surface area contributed by atoms with Crippen molar-refractivity contribution in [3.63, 3.8) is 0 Å². The molecule has 0 aliphatic heterocycles. The van der Waals surface area contributed by atoms with Crippen molar-refractivity contribution in [2.45, 2.75) is 20.0 Å². The minimum absolute atomic E-state index is 0.253. The van der Waals surface area contributed by atoms with Gasteiger partial charge in [-0.3, -0.25) is 0 Å². The first kappa shape index (κ1) is 8.90. The van der Waals surface area contributed by atoms with Crippen molar-refractivity contribution in [3.8, 4) is 0 Å². The number of rotatable bonds is 3. The number of halogens is 1. The third-order valence-electron chi connectivity index (χ3n) is 1.52. The Morgan fingerprint density at radius 2 is 2.58 bits per heavy atom. The molecular formula is C6H8ClN5. The summed E-state index contributed by atoms with van der Waals surface area (Å²) in [5, 5.41) is 3.83. The Morgan fingerprint density at radius 1 is 1.83 bits per heavy atom. The number of hydrogen-bond donors (Lipinski definition) is 0. The lowest BCUT2D eigenvalue weighted by Crippen LogP contribution is -1.97. The minimum Gasteiger partial charge on any atom is -0.333 e. The van der Waals surface area contributed by atoms with Gasteiger partial charge in [0.25, 0.3) is 0 Å². The van der Waals surface area contributed by atoms with Crippen molar-refractivity contribution in [2.24, 2.45) is 5.11 Å². The maximum absolute atomic E-state index is 8.11. The van der Waals surface area contributed by atoms with Crippen LogP contribution in [0.15, 0.2) is 11.4 Å². The fourth-order valence-corrected chi connectivity index (χ4v) is 1.12. The van der Waals surface area contributed by atoms with Gasteiger partial charge in [-0.2, -0.15) is 0 Å². The predicted molar refractivity (Wildman–Crippen MR) is 45.8 cm³/mol. The molecule has 1 rings (SSSR count). The van der Waals surface area contributed by atoms with Gasteiger partial charge in [-0.15, -0.1) is 0 Å². The highest BCUT2D eigenvalue weighted by atomic mass is 35.5. The Balaban J connectivity index is 2.93. The number of imidazole rings is 1. The summed E-state index contributed by atoms with van der Waals surface area (Å²) < 4.78 is 1.84. The Bertz CT molecular complexity index is 312. The average Bonchev–Trinajstić information content (AvgIpc) is 2.43. The lowest BCUT2D eigenvalue weighted by Gasteiger charge is -2.00. The van der Waals surface area contributed by atoms with Gasteiger partial charge in [0.05, 0.1) is 18.6 Å². The molecule has 0 aliphatic carbocycles. The van der Waals surface area contributed by atoms with Crippen LogP contribution in [0.2, 0.25) is 5.15 Å². The van der Waals surface area contributed by atoms with E-state index >= 15 is 0 Å². The third-order valence-corrected chi connectivity index (χ3v) is 1.84. The number of aryl methyl sites for hydroxylation is 1. The van der Waals surface area contributed by atoms with Crippen LogP contribution in [0, 0.1) is 0 Å². The SMILES string of the molecule is CCn1cnc(Cl)c1CN=[N+]=[N-]. The molecule has 0 spiro atoms. The van der Waals surface area contributed by atoms with E-state index in [1.54, 1.807) is 6.33 Å². The van der Waals surface area contributed by atoms with Gasteiger partial charge < -0.3 is 4.57 Å². The van der Waals surface area contributed by atoms with Crippen LogP contribution in [0.1, 0.15) is 12.6 Å². The van der Waals surface area contributed by atoms with Crippen molar-refractivity contribution in [3.05, 3.63) is 27.6 Å². The van der Waals surface area contributed by atoms with Crippen LogP contribution >= 0.6 is 11.6 Å². The summed E-state index contributed by atoms with van der Waals surface area (Å²) in [4.78, 5) is 6.54. The molecule has 6 heteroatoms. The topological polar surface area (TPSA) is 66.6 Å². The molecule has 0 aromatic carbocycles. The molecule has 0 N–H and O–H groups in total. The van der Waals surface area contributed by atoms with E-state index in [2.05, 4.69) is 15.0 Å². The van der Waals surface area contributed by atoms with Gasteiger partial charge in [-0.05, 0) is 12.5 Å². The van der Waals surface area contributed by atoms with Crippen molar-refractivity contribution in [1.29, 1.82) is 0 Å². The molecule has 0 fully saturated rings. The molecule has 0 saturated carbocycles. The molecule has 0 aliphatic rings. The standard InChI is InChI=1S/C6H8ClN5/c1-2-12-4-9-6(7)5(12)3-10-11-8/h4H,2-3H2,1H3. The van der Waals surface area contributed by atoms with Crippen LogP contribution in [0.4, 0.5) is 0 Å². The first-order chi connectivity index (χ1) is 5.79. The Morgan fingerprint density at radius 3 is 3.17 bits per heavy atom. The molecule has 0 amide bonds. The lowest BCUT2D eigenvalue weighted by atomic mass is 10.4. The van der Waals surface area contributed by atoms with Crippen molar-refractivity contribution in [1.82, 2.24) is 9.55 Å². The first-order valence-electron chi connectivity index (χ1n) is 3.50. The summed E-state index contributed by atoms with van der Waals surface area (Å²) in [6.07, 6.45) is 1.63. The van der Waals surface area contributed by atoms with E-state index in [9.17, 15) is 0 Å². The van der Waals surface area contributed by atoms with E-state index in [0.29, 0.717) is 5.15 Å². The van der Waals surface area contributed by atoms with E-state index in [4.69, 9.17) is 17.1 Å². The van der Waals surface area contributed by atoms with E-state index in [0.717, 1.165) is 12.2 Å². The summed E-state index contributed by atoms with van der Waals surface area (Å²) >= 11 is 5.74. The Labute approximate surface area is 74.6 Å². The predicted octanol–water partition coefficient (Wildman–Crippen LogP) is 2.37. The van der Waals surface area contributed by atoms with Gasteiger partial charge in [-0.1, -0.05) is 16.7 Å². The normalized spacial score (nSPS) is 9.50. The lowest BCUT2D eigenvalue weighted by molar-refractivity contribution is 0.711. The monoisotopic (exact) mass is 185 g/mol. The molecule has 5 nitrogen and oxygen atoms in total. The molecule has 1 aromatic rings. The van der Waals surface area contributed by atoms with Crippen LogP contribution in [0.25, 0.3) is 10.4 Å². The van der Waals surface area contributed by atoms with Crippen LogP contribution < -0.4 is 0 Å². The molecule has 0 bridgehead atoms. The smallest absolute Gasteiger partial charge is 0.150 e. The second-order valence-corrected chi connectivity index (χ2v) is 2.52. The molecular weight excluding hydrogens is 178 g/mol. The number of hydrogen-bond acceptors (Lipinski definition) is 2. The van der Waals surface area contributed by atoms with Crippen LogP contribution in [-0.2, 0) is 13.1 Å². The van der Waals surface area contributed by atoms with Gasteiger partial charge in [0, 0.05) is 11.5 Å². The molecule has 0 atom stereocenters. The van der Waals surface area contributed by atoms with Crippen LogP contribution in [-0.4, -0.2) is 9.55 Å². The number of nitrogens with zero attached hydrogens (tertiary/aromatic N) is 5. The van der Waals surface area contributed by atoms with Gasteiger partial charge in [0.15, 0.2) is 0 Å². The van der Waals surface area contributed by atoms with Crippen molar-refractivity contribution >= 4 is 11.6 Å². The van der Waals surface area contributed by atoms with Gasteiger partial charge in [-0.25, -0.2) is 4.98 Å². The Hall–Kier alpha value is -1.19. The second kappa shape index (κ2) is 3.99. The molecule has 0 radical (unpaired) electrons. The zero-order chi connectivity index (χ0) is 8.97. The fraction of sp³-hybridized carbons (Fsp3) is 0.500. The molecule has 1 heterocycles. The quantitative estimate of drug-likeness (QED) is 0.405. The molecule has 1 aromatic heterocycles. The average molecular weight is 186 g/mol. The third kappa shape index (κ3) is 1.69. The van der Waals surface area contributed by atoms with Gasteiger partial charge in [0.1, 0.15) is 5.15 Å². The summed E-state index contributed by atoms with van der Waals surface area (Å²) in [6, 6.07) is 0. The summed E-state index contributed by atoms with van der Waals surface area (Å²) in [7, 11) is 0. The maximum atomic E-state index is 8.11. The van der Waals surface area contributed by atoms with Crippen molar-refractivity contribution < 1.29 is 0 Å². The molecule has 0 saturated heterocycles. The maximum Gasteiger partial charge on any atom is 0.150 e. The summed E-state index contributed by atoms with van der Waals surface area (Å²) in [5.74, 6) is 0. The Kier molecular flexibility index (Phi) is 2.96. The van der Waals surface area contributed by atoms with Crippen LogP contribution in [0.5, 0.6) is 0 Å². The van der Waals surface area contributed by atoms with E-state index < -0.39 is 0 Å². The highest BCUT2D eigenvalue weighted by molar-refractivity contribution is 6.30. The largest absolute Gasteiger partial charge is 0.333 e. The van der Waals surface area contributed by atoms with Crippen LogP contribution in [0.3, 0.4) is 0 Å². The highest BCUT2D eigenvalue weighted by Gasteiger charge is 2.05. The van der Waals surface area contributed by atoms with E-state index in [-0.39, 0.29) is 6.54 Å². The molecule has 12 heavy (non-hydrogen) atoms. The summed E-state index contributed by atoms with van der Waals surface area (Å²) in [5.41, 5.74) is 8.87. The first-order valence-corrected chi connectivity index (χ1v) is 3.87. The van der Waals surface area contributed by atoms with E-state index in [1.807, 2.05) is 11.5 Å². The van der Waals surface area contributed by atoms with Gasteiger partial charge in [0.2, 0.25) is 0 Å². The van der Waals surface area contributed by atoms with E-state index in [1.165, 1.54) is 0 Å². The molecule has 64 valence electrons. The van der Waals surface area contributed by atoms with Crippen molar-refractivity contribution in [2.75, 3.05) is 0 Å². The number of aromatic nitrogens is 2. The summed E-state index contributed by atoms with van der Waals surface area (Å²) in [6.45, 7) is 3.00.